The summed E-state index contributed by atoms with van der Waals surface area (Å²) in [6.07, 6.45) is 10.5. The smallest absolute Gasteiger partial charge is 0.239 e. The Hall–Kier alpha value is -1.06. The van der Waals surface area contributed by atoms with Crippen LogP contribution in [0.25, 0.3) is 0 Å². The van der Waals surface area contributed by atoms with Crippen molar-refractivity contribution in [1.29, 1.82) is 0 Å². The Bertz CT molecular complexity index is 401. The lowest BCUT2D eigenvalue weighted by molar-refractivity contribution is -0.0635. The third-order valence-corrected chi connectivity index (χ3v) is 5.22. The van der Waals surface area contributed by atoms with Gasteiger partial charge in [0.2, 0.25) is 5.95 Å². The zero-order chi connectivity index (χ0) is 11.5. The molecule has 0 atom stereocenters. The van der Waals surface area contributed by atoms with Crippen LogP contribution in [0.5, 0.6) is 0 Å². The van der Waals surface area contributed by atoms with E-state index in [0.29, 0.717) is 11.4 Å². The summed E-state index contributed by atoms with van der Waals surface area (Å²) in [5.74, 6) is 3.42. The number of rotatable bonds is 2. The summed E-state index contributed by atoms with van der Waals surface area (Å²) in [4.78, 5) is 4.04. The van der Waals surface area contributed by atoms with E-state index < -0.39 is 0 Å². The van der Waals surface area contributed by atoms with Gasteiger partial charge in [-0.1, -0.05) is 0 Å². The highest BCUT2D eigenvalue weighted by Crippen LogP contribution is 2.60. The molecule has 0 saturated heterocycles. The minimum Gasteiger partial charge on any atom is -0.367 e. The molecule has 0 amide bonds. The van der Waals surface area contributed by atoms with Crippen LogP contribution in [0.15, 0.2) is 6.33 Å². The normalized spacial score (nSPS) is 43.2. The quantitative estimate of drug-likeness (QED) is 0.849. The maximum Gasteiger partial charge on any atom is 0.239 e. The average Bonchev–Trinajstić information content (AvgIpc) is 2.60. The molecule has 4 aliphatic carbocycles. The summed E-state index contributed by atoms with van der Waals surface area (Å²) in [5.41, 5.74) is 6.13. The topological polar surface area (TPSA) is 56.7 Å². The van der Waals surface area contributed by atoms with Crippen molar-refractivity contribution >= 4 is 5.95 Å². The van der Waals surface area contributed by atoms with E-state index in [-0.39, 0.29) is 0 Å². The molecule has 4 saturated carbocycles. The van der Waals surface area contributed by atoms with Crippen LogP contribution in [-0.2, 0) is 6.54 Å². The van der Waals surface area contributed by atoms with E-state index in [2.05, 4.69) is 10.1 Å². The van der Waals surface area contributed by atoms with Gasteiger partial charge in [0.15, 0.2) is 0 Å². The van der Waals surface area contributed by atoms with Crippen molar-refractivity contribution in [3.05, 3.63) is 6.33 Å². The number of anilines is 1. The lowest BCUT2D eigenvalue weighted by Crippen LogP contribution is -2.48. The Balaban J connectivity index is 1.60. The van der Waals surface area contributed by atoms with E-state index in [4.69, 9.17) is 5.73 Å². The molecule has 1 aromatic heterocycles. The molecule has 4 fully saturated rings. The summed E-state index contributed by atoms with van der Waals surface area (Å²) in [5, 5.41) is 4.27. The molecule has 92 valence electrons. The van der Waals surface area contributed by atoms with Gasteiger partial charge >= 0.3 is 0 Å². The first-order valence-corrected chi connectivity index (χ1v) is 6.86. The number of aromatic nitrogens is 3. The second-order valence-electron chi connectivity index (χ2n) is 6.72. The van der Waals surface area contributed by atoms with Crippen molar-refractivity contribution in [1.82, 2.24) is 14.8 Å². The fourth-order valence-corrected chi connectivity index (χ4v) is 5.21. The Kier molecular flexibility index (Phi) is 1.89. The van der Waals surface area contributed by atoms with Gasteiger partial charge in [-0.2, -0.15) is 0 Å². The van der Waals surface area contributed by atoms with Crippen LogP contribution in [0.3, 0.4) is 0 Å². The van der Waals surface area contributed by atoms with Crippen LogP contribution >= 0.6 is 0 Å². The average molecular weight is 232 g/mol. The Morgan fingerprint density at radius 2 is 1.76 bits per heavy atom. The molecule has 0 radical (unpaired) electrons. The van der Waals surface area contributed by atoms with Gasteiger partial charge in [0.05, 0.1) is 0 Å². The van der Waals surface area contributed by atoms with Gasteiger partial charge in [0.1, 0.15) is 6.33 Å². The minimum atomic E-state index is 0.412. The highest BCUT2D eigenvalue weighted by atomic mass is 15.4. The number of hydrogen-bond donors (Lipinski definition) is 1. The van der Waals surface area contributed by atoms with Crippen LogP contribution in [0.2, 0.25) is 0 Å². The van der Waals surface area contributed by atoms with Crippen LogP contribution in [0.4, 0.5) is 5.95 Å². The first-order chi connectivity index (χ1) is 8.21. The van der Waals surface area contributed by atoms with Crippen LogP contribution in [-0.4, -0.2) is 14.8 Å². The van der Waals surface area contributed by atoms with Crippen LogP contribution in [0, 0.1) is 23.2 Å². The largest absolute Gasteiger partial charge is 0.367 e. The molecule has 0 spiro atoms. The van der Waals surface area contributed by atoms with Crippen molar-refractivity contribution in [2.24, 2.45) is 23.2 Å². The molecule has 0 unspecified atom stereocenters. The SMILES string of the molecule is Nc1ncn(CC23CC4CC(CC(C4)C2)C3)n1. The third kappa shape index (κ3) is 1.57. The monoisotopic (exact) mass is 232 g/mol. The van der Waals surface area contributed by atoms with Gasteiger partial charge in [-0.3, -0.25) is 4.68 Å². The van der Waals surface area contributed by atoms with Crippen molar-refractivity contribution in [2.45, 2.75) is 45.1 Å². The molecule has 17 heavy (non-hydrogen) atoms. The maximum atomic E-state index is 5.60. The first-order valence-electron chi connectivity index (χ1n) is 6.86. The summed E-state index contributed by atoms with van der Waals surface area (Å²) in [7, 11) is 0. The van der Waals surface area contributed by atoms with Crippen molar-refractivity contribution < 1.29 is 0 Å². The maximum absolute atomic E-state index is 5.60. The van der Waals surface area contributed by atoms with E-state index in [0.717, 1.165) is 24.3 Å². The van der Waals surface area contributed by atoms with Crippen LogP contribution < -0.4 is 5.73 Å². The Labute approximate surface area is 102 Å². The zero-order valence-electron chi connectivity index (χ0n) is 10.2. The van der Waals surface area contributed by atoms with Gasteiger partial charge in [-0.05, 0) is 61.7 Å². The summed E-state index contributed by atoms with van der Waals surface area (Å²) >= 11 is 0. The highest BCUT2D eigenvalue weighted by molar-refractivity contribution is 5.10. The predicted molar refractivity (Wildman–Crippen MR) is 65.0 cm³/mol. The molecule has 4 nitrogen and oxygen atoms in total. The molecule has 4 heteroatoms. The van der Waals surface area contributed by atoms with Crippen molar-refractivity contribution in [3.8, 4) is 0 Å². The fourth-order valence-electron chi connectivity index (χ4n) is 5.21. The number of nitrogen functional groups attached to an aromatic ring is 1. The molecule has 0 aliphatic heterocycles. The van der Waals surface area contributed by atoms with Crippen LogP contribution in [0.1, 0.15) is 38.5 Å². The second kappa shape index (κ2) is 3.24. The van der Waals surface area contributed by atoms with E-state index in [1.165, 1.54) is 38.5 Å². The molecule has 2 N–H and O–H groups in total. The van der Waals surface area contributed by atoms with E-state index in [1.807, 2.05) is 4.68 Å². The van der Waals surface area contributed by atoms with E-state index in [1.54, 1.807) is 6.33 Å². The molecular weight excluding hydrogens is 212 g/mol. The summed E-state index contributed by atoms with van der Waals surface area (Å²) in [6, 6.07) is 0. The lowest BCUT2D eigenvalue weighted by Gasteiger charge is -2.56. The molecule has 5 rings (SSSR count). The summed E-state index contributed by atoms with van der Waals surface area (Å²) in [6.45, 7) is 1.04. The predicted octanol–water partition coefficient (Wildman–Crippen LogP) is 2.08. The minimum absolute atomic E-state index is 0.412. The third-order valence-electron chi connectivity index (χ3n) is 5.22. The Morgan fingerprint density at radius 3 is 2.24 bits per heavy atom. The summed E-state index contributed by atoms with van der Waals surface area (Å²) < 4.78 is 1.97. The second-order valence-corrected chi connectivity index (χ2v) is 6.72. The van der Waals surface area contributed by atoms with Gasteiger partial charge in [-0.25, -0.2) is 4.98 Å². The molecule has 4 aliphatic rings. The van der Waals surface area contributed by atoms with E-state index >= 15 is 0 Å². The van der Waals surface area contributed by atoms with Crippen molar-refractivity contribution in [3.63, 3.8) is 0 Å². The van der Waals surface area contributed by atoms with Gasteiger partial charge < -0.3 is 5.73 Å². The molecule has 0 aromatic carbocycles. The fraction of sp³-hybridized carbons (Fsp3) is 0.846. The molecule has 4 bridgehead atoms. The number of hydrogen-bond acceptors (Lipinski definition) is 3. The highest BCUT2D eigenvalue weighted by Gasteiger charge is 2.50. The standard InChI is InChI=1S/C13H20N4/c14-12-15-8-17(16-12)7-13-4-9-1-10(5-13)3-11(2-9)6-13/h8-11H,1-7H2,(H2,14,16). The van der Waals surface area contributed by atoms with Gasteiger partial charge in [0, 0.05) is 6.54 Å². The van der Waals surface area contributed by atoms with Gasteiger partial charge in [-0.15, -0.1) is 5.10 Å². The molecular formula is C13H20N4. The van der Waals surface area contributed by atoms with E-state index in [9.17, 15) is 0 Å². The lowest BCUT2D eigenvalue weighted by atomic mass is 9.49. The molecule has 1 aromatic rings. The van der Waals surface area contributed by atoms with Crippen molar-refractivity contribution in [2.75, 3.05) is 5.73 Å². The molecule has 1 heterocycles. The first kappa shape index (κ1) is 9.92. The Morgan fingerprint density at radius 1 is 1.18 bits per heavy atom. The zero-order valence-corrected chi connectivity index (χ0v) is 10.2. The number of nitrogens with zero attached hydrogens (tertiary/aromatic N) is 3. The van der Waals surface area contributed by atoms with Gasteiger partial charge in [0.25, 0.3) is 0 Å². The number of nitrogens with two attached hydrogens (primary N) is 1.